The zero-order valence-corrected chi connectivity index (χ0v) is 12.1. The van der Waals surface area contributed by atoms with E-state index in [1.54, 1.807) is 0 Å². The number of carbonyl (C=O) groups is 1. The van der Waals surface area contributed by atoms with Gasteiger partial charge in [0.2, 0.25) is 5.91 Å². The van der Waals surface area contributed by atoms with Gasteiger partial charge in [0, 0.05) is 26.2 Å². The van der Waals surface area contributed by atoms with Crippen molar-refractivity contribution in [2.45, 2.75) is 6.92 Å². The third-order valence-corrected chi connectivity index (χ3v) is 3.62. The van der Waals surface area contributed by atoms with Gasteiger partial charge in [-0.2, -0.15) is 0 Å². The fourth-order valence-electron chi connectivity index (χ4n) is 2.44. The fourth-order valence-corrected chi connectivity index (χ4v) is 2.44. The van der Waals surface area contributed by atoms with Crippen LogP contribution in [-0.2, 0) is 4.79 Å². The third-order valence-electron chi connectivity index (χ3n) is 3.62. The Bertz CT molecular complexity index is 652. The minimum Gasteiger partial charge on any atom is -0.359 e. The molecule has 0 spiro atoms. The van der Waals surface area contributed by atoms with E-state index in [9.17, 15) is 4.79 Å². The molecule has 0 saturated carbocycles. The summed E-state index contributed by atoms with van der Waals surface area (Å²) in [7, 11) is 0. The Kier molecular flexibility index (Phi) is 3.96. The molecule has 3 rings (SSSR count). The Labute approximate surface area is 123 Å². The van der Waals surface area contributed by atoms with Gasteiger partial charge in [0.05, 0.1) is 23.3 Å². The molecule has 1 fully saturated rings. The molecule has 6 nitrogen and oxygen atoms in total. The van der Waals surface area contributed by atoms with Crippen LogP contribution in [0.2, 0.25) is 0 Å². The highest BCUT2D eigenvalue weighted by Gasteiger charge is 2.16. The minimum absolute atomic E-state index is 0.103. The second kappa shape index (κ2) is 6.05. The van der Waals surface area contributed by atoms with Crippen LogP contribution in [0.5, 0.6) is 0 Å². The lowest BCUT2D eigenvalue weighted by Gasteiger charge is -2.27. The molecule has 0 atom stereocenters. The highest BCUT2D eigenvalue weighted by atomic mass is 16.2. The number of carbonyl (C=O) groups excluding carboxylic acids is 1. The van der Waals surface area contributed by atoms with Crippen molar-refractivity contribution in [1.82, 2.24) is 20.2 Å². The molecule has 1 aliphatic heterocycles. The van der Waals surface area contributed by atoms with Crippen molar-refractivity contribution < 1.29 is 4.79 Å². The van der Waals surface area contributed by atoms with Crippen molar-refractivity contribution in [3.05, 3.63) is 30.0 Å². The first kappa shape index (κ1) is 13.8. The van der Waals surface area contributed by atoms with Gasteiger partial charge in [-0.1, -0.05) is 12.1 Å². The van der Waals surface area contributed by atoms with Crippen molar-refractivity contribution in [2.24, 2.45) is 0 Å². The molecule has 1 saturated heterocycles. The van der Waals surface area contributed by atoms with Crippen LogP contribution in [0, 0.1) is 6.92 Å². The van der Waals surface area contributed by atoms with Crippen LogP contribution in [-0.4, -0.2) is 53.5 Å². The standard InChI is InChI=1S/C15H19N5O/c1-11-15(19-13-5-3-2-4-12(13)18-11)17-10-14(21)20-8-6-16-7-9-20/h2-5,16H,6-10H2,1H3,(H,17,19). The average Bonchev–Trinajstić information content (AvgIpc) is 2.53. The largest absolute Gasteiger partial charge is 0.359 e. The van der Waals surface area contributed by atoms with Gasteiger partial charge in [-0.05, 0) is 19.1 Å². The lowest BCUT2D eigenvalue weighted by Crippen LogP contribution is -2.48. The third kappa shape index (κ3) is 3.11. The first-order valence-electron chi connectivity index (χ1n) is 7.20. The number of hydrogen-bond acceptors (Lipinski definition) is 5. The molecule has 1 amide bonds. The Morgan fingerprint density at radius 3 is 2.62 bits per heavy atom. The van der Waals surface area contributed by atoms with E-state index in [4.69, 9.17) is 0 Å². The van der Waals surface area contributed by atoms with E-state index in [1.165, 1.54) is 0 Å². The Balaban J connectivity index is 1.69. The number of benzene rings is 1. The first-order valence-corrected chi connectivity index (χ1v) is 7.20. The Morgan fingerprint density at radius 2 is 1.90 bits per heavy atom. The number of aromatic nitrogens is 2. The monoisotopic (exact) mass is 285 g/mol. The molecule has 0 aliphatic carbocycles. The number of para-hydroxylation sites is 2. The maximum absolute atomic E-state index is 12.1. The summed E-state index contributed by atoms with van der Waals surface area (Å²) in [4.78, 5) is 23.0. The molecular formula is C15H19N5O. The molecule has 2 aromatic rings. The molecule has 0 radical (unpaired) electrons. The Hall–Kier alpha value is -2.21. The predicted octanol–water partition coefficient (Wildman–Crippen LogP) is 0.782. The summed E-state index contributed by atoms with van der Waals surface area (Å²) in [6.07, 6.45) is 0. The Morgan fingerprint density at radius 1 is 1.24 bits per heavy atom. The zero-order valence-electron chi connectivity index (χ0n) is 12.1. The van der Waals surface area contributed by atoms with Crippen molar-refractivity contribution in [3.8, 4) is 0 Å². The molecule has 21 heavy (non-hydrogen) atoms. The van der Waals surface area contributed by atoms with E-state index in [0.717, 1.165) is 42.9 Å². The van der Waals surface area contributed by atoms with Gasteiger partial charge >= 0.3 is 0 Å². The minimum atomic E-state index is 0.103. The van der Waals surface area contributed by atoms with Crippen LogP contribution in [0.1, 0.15) is 5.69 Å². The summed E-state index contributed by atoms with van der Waals surface area (Å²) < 4.78 is 0. The number of hydrogen-bond donors (Lipinski definition) is 2. The molecule has 110 valence electrons. The van der Waals surface area contributed by atoms with Crippen LogP contribution < -0.4 is 10.6 Å². The summed E-state index contributed by atoms with van der Waals surface area (Å²) in [5, 5.41) is 6.35. The lowest BCUT2D eigenvalue weighted by atomic mass is 10.3. The second-order valence-corrected chi connectivity index (χ2v) is 5.13. The summed E-state index contributed by atoms with van der Waals surface area (Å²) in [5.74, 6) is 0.781. The highest BCUT2D eigenvalue weighted by molar-refractivity contribution is 5.82. The molecule has 2 heterocycles. The topological polar surface area (TPSA) is 70.2 Å². The first-order chi connectivity index (χ1) is 10.2. The summed E-state index contributed by atoms with van der Waals surface area (Å²) in [5.41, 5.74) is 2.51. The van der Waals surface area contributed by atoms with Crippen LogP contribution >= 0.6 is 0 Å². The van der Waals surface area contributed by atoms with Crippen LogP contribution in [0.3, 0.4) is 0 Å². The number of fused-ring (bicyclic) bond motifs is 1. The SMILES string of the molecule is Cc1nc2ccccc2nc1NCC(=O)N1CCNCC1. The molecule has 2 N–H and O–H groups in total. The van der Waals surface area contributed by atoms with Gasteiger partial charge < -0.3 is 15.5 Å². The summed E-state index contributed by atoms with van der Waals surface area (Å²) >= 11 is 0. The molecule has 1 aliphatic rings. The number of aryl methyl sites for hydroxylation is 1. The molecule has 6 heteroatoms. The van der Waals surface area contributed by atoms with Crippen molar-refractivity contribution in [1.29, 1.82) is 0 Å². The highest BCUT2D eigenvalue weighted by Crippen LogP contribution is 2.15. The van der Waals surface area contributed by atoms with Gasteiger partial charge in [-0.25, -0.2) is 9.97 Å². The van der Waals surface area contributed by atoms with E-state index in [2.05, 4.69) is 20.6 Å². The van der Waals surface area contributed by atoms with Gasteiger partial charge in [0.25, 0.3) is 0 Å². The smallest absolute Gasteiger partial charge is 0.242 e. The lowest BCUT2D eigenvalue weighted by molar-refractivity contribution is -0.129. The van der Waals surface area contributed by atoms with Crippen LogP contribution in [0.4, 0.5) is 5.82 Å². The van der Waals surface area contributed by atoms with Crippen molar-refractivity contribution in [2.75, 3.05) is 38.0 Å². The van der Waals surface area contributed by atoms with E-state index >= 15 is 0 Å². The van der Waals surface area contributed by atoms with Crippen LogP contribution in [0.25, 0.3) is 11.0 Å². The number of nitrogens with zero attached hydrogens (tertiary/aromatic N) is 3. The maximum atomic E-state index is 12.1. The summed E-state index contributed by atoms with van der Waals surface area (Å²) in [6.45, 7) is 5.41. The van der Waals surface area contributed by atoms with E-state index in [1.807, 2.05) is 36.1 Å². The number of amides is 1. The van der Waals surface area contributed by atoms with E-state index in [0.29, 0.717) is 5.82 Å². The molecule has 0 bridgehead atoms. The van der Waals surface area contributed by atoms with Gasteiger partial charge in [-0.15, -0.1) is 0 Å². The van der Waals surface area contributed by atoms with E-state index in [-0.39, 0.29) is 12.5 Å². The van der Waals surface area contributed by atoms with Crippen molar-refractivity contribution >= 4 is 22.8 Å². The molecule has 1 aromatic carbocycles. The number of nitrogens with one attached hydrogen (secondary N) is 2. The zero-order chi connectivity index (χ0) is 14.7. The molecule has 0 unspecified atom stereocenters. The van der Waals surface area contributed by atoms with Gasteiger partial charge in [0.15, 0.2) is 0 Å². The molecular weight excluding hydrogens is 266 g/mol. The number of rotatable bonds is 3. The maximum Gasteiger partial charge on any atom is 0.242 e. The van der Waals surface area contributed by atoms with Gasteiger partial charge in [0.1, 0.15) is 5.82 Å². The van der Waals surface area contributed by atoms with Crippen LogP contribution in [0.15, 0.2) is 24.3 Å². The van der Waals surface area contributed by atoms with E-state index < -0.39 is 0 Å². The number of anilines is 1. The quantitative estimate of drug-likeness (QED) is 0.872. The summed E-state index contributed by atoms with van der Waals surface area (Å²) in [6, 6.07) is 7.73. The second-order valence-electron chi connectivity index (χ2n) is 5.13. The van der Waals surface area contributed by atoms with Crippen molar-refractivity contribution in [3.63, 3.8) is 0 Å². The predicted molar refractivity (Wildman–Crippen MR) is 82.2 cm³/mol. The number of piperazine rings is 1. The van der Waals surface area contributed by atoms with Gasteiger partial charge in [-0.3, -0.25) is 4.79 Å². The average molecular weight is 285 g/mol. The fraction of sp³-hybridized carbons (Fsp3) is 0.400. The molecule has 1 aromatic heterocycles. The normalized spacial score (nSPS) is 15.2.